The lowest BCUT2D eigenvalue weighted by molar-refractivity contribution is -0.401. The van der Waals surface area contributed by atoms with Crippen molar-refractivity contribution in [3.05, 3.63) is 76.5 Å². The molecule has 5 nitrogen and oxygen atoms in total. The molecule has 2 aromatic carbocycles. The van der Waals surface area contributed by atoms with Crippen LogP contribution in [0.15, 0.2) is 65.1 Å². The summed E-state index contributed by atoms with van der Waals surface area (Å²) in [6, 6.07) is 18.0. The van der Waals surface area contributed by atoms with Crippen LogP contribution in [0.25, 0.3) is 22.3 Å². The van der Waals surface area contributed by atoms with Crippen molar-refractivity contribution in [2.45, 2.75) is 0 Å². The van der Waals surface area contributed by atoms with E-state index in [1.165, 1.54) is 0 Å². The van der Waals surface area contributed by atoms with Crippen LogP contribution >= 0.6 is 15.9 Å². The Balaban J connectivity index is 2.39. The first-order chi connectivity index (χ1) is 11.6. The van der Waals surface area contributed by atoms with Crippen molar-refractivity contribution in [3.63, 3.8) is 0 Å². The largest absolute Gasteiger partial charge is 0.442 e. The molecule has 0 atom stereocenters. The van der Waals surface area contributed by atoms with Gasteiger partial charge in [-0.1, -0.05) is 76.6 Å². The first-order valence-corrected chi connectivity index (χ1v) is 8.26. The minimum Gasteiger partial charge on any atom is -0.396 e. The van der Waals surface area contributed by atoms with Crippen molar-refractivity contribution < 1.29 is 14.1 Å². The molecule has 120 valence electrons. The van der Waals surface area contributed by atoms with Gasteiger partial charge in [-0.2, -0.15) is 0 Å². The van der Waals surface area contributed by atoms with E-state index in [0.717, 1.165) is 0 Å². The molecule has 3 aromatic rings. The number of carbonyl (C=O) groups excluding carboxylic acids is 1. The zero-order valence-electron chi connectivity index (χ0n) is 12.4. The van der Waals surface area contributed by atoms with Crippen molar-refractivity contribution in [2.24, 2.45) is 0 Å². The molecule has 3 rings (SSSR count). The van der Waals surface area contributed by atoms with Gasteiger partial charge in [0.15, 0.2) is 5.76 Å². The summed E-state index contributed by atoms with van der Waals surface area (Å²) in [6.07, 6.45) is 0. The summed E-state index contributed by atoms with van der Waals surface area (Å²) in [7, 11) is 0. The molecule has 6 heteroatoms. The molecular formula is C18H12BrNO4. The highest BCUT2D eigenvalue weighted by Crippen LogP contribution is 2.44. The zero-order chi connectivity index (χ0) is 17.1. The third-order valence-corrected chi connectivity index (χ3v) is 4.06. The standard InChI is InChI=1S/C18H12BrNO4/c19-11-14(21)17-15(12-7-3-1-4-8-12)16(18(24-17)20(22)23)13-9-5-2-6-10-13/h1-10H,11H2. The van der Waals surface area contributed by atoms with Gasteiger partial charge in [0, 0.05) is 5.56 Å². The summed E-state index contributed by atoms with van der Waals surface area (Å²) in [6.45, 7) is 0. The van der Waals surface area contributed by atoms with Crippen molar-refractivity contribution in [2.75, 3.05) is 5.33 Å². The fraction of sp³-hybridized carbons (Fsp3) is 0.0556. The molecule has 0 amide bonds. The first-order valence-electron chi connectivity index (χ1n) is 7.14. The number of furan rings is 1. The lowest BCUT2D eigenvalue weighted by Crippen LogP contribution is -2.00. The number of hydrogen-bond acceptors (Lipinski definition) is 4. The third-order valence-electron chi connectivity index (χ3n) is 3.56. The highest BCUT2D eigenvalue weighted by atomic mass is 79.9. The number of ketones is 1. The van der Waals surface area contributed by atoms with E-state index in [4.69, 9.17) is 4.42 Å². The van der Waals surface area contributed by atoms with Gasteiger partial charge >= 0.3 is 5.88 Å². The predicted molar refractivity (Wildman–Crippen MR) is 94.4 cm³/mol. The molecule has 0 fully saturated rings. The maximum atomic E-state index is 12.3. The second-order valence-electron chi connectivity index (χ2n) is 5.03. The van der Waals surface area contributed by atoms with E-state index in [9.17, 15) is 14.9 Å². The summed E-state index contributed by atoms with van der Waals surface area (Å²) in [4.78, 5) is 23.2. The smallest absolute Gasteiger partial charge is 0.396 e. The molecule has 0 saturated heterocycles. The van der Waals surface area contributed by atoms with Crippen molar-refractivity contribution in [3.8, 4) is 22.3 Å². The van der Waals surface area contributed by atoms with Gasteiger partial charge in [-0.15, -0.1) is 0 Å². The number of rotatable bonds is 5. The highest BCUT2D eigenvalue weighted by Gasteiger charge is 2.32. The van der Waals surface area contributed by atoms with Gasteiger partial charge in [0.1, 0.15) is 10.5 Å². The van der Waals surface area contributed by atoms with E-state index in [-0.39, 0.29) is 16.9 Å². The molecule has 0 spiro atoms. The van der Waals surface area contributed by atoms with E-state index in [0.29, 0.717) is 22.3 Å². The minimum absolute atomic E-state index is 0.0105. The van der Waals surface area contributed by atoms with Crippen LogP contribution in [-0.4, -0.2) is 16.0 Å². The van der Waals surface area contributed by atoms with Gasteiger partial charge in [-0.05, 0) is 11.1 Å². The van der Waals surface area contributed by atoms with Gasteiger partial charge in [-0.3, -0.25) is 14.9 Å². The maximum absolute atomic E-state index is 12.3. The van der Waals surface area contributed by atoms with Gasteiger partial charge in [0.25, 0.3) is 0 Å². The van der Waals surface area contributed by atoms with Crippen LogP contribution in [0, 0.1) is 10.1 Å². The molecule has 0 radical (unpaired) electrons. The fourth-order valence-electron chi connectivity index (χ4n) is 2.56. The molecule has 1 aromatic heterocycles. The average molecular weight is 386 g/mol. The molecule has 0 saturated carbocycles. The minimum atomic E-state index is -0.597. The van der Waals surface area contributed by atoms with E-state index in [1.54, 1.807) is 36.4 Å². The number of nitro groups is 1. The van der Waals surface area contributed by atoms with Gasteiger partial charge < -0.3 is 4.42 Å². The molecule has 0 aliphatic carbocycles. The van der Waals surface area contributed by atoms with Crippen molar-refractivity contribution >= 4 is 27.6 Å². The fourth-order valence-corrected chi connectivity index (χ4v) is 2.81. The van der Waals surface area contributed by atoms with Crippen LogP contribution in [0.2, 0.25) is 0 Å². The van der Waals surface area contributed by atoms with E-state index in [1.807, 2.05) is 24.3 Å². The number of Topliss-reactive ketones (excluding diaryl/α,β-unsaturated/α-hetero) is 1. The molecule has 0 unspecified atom stereocenters. The van der Waals surface area contributed by atoms with E-state index >= 15 is 0 Å². The van der Waals surface area contributed by atoms with E-state index in [2.05, 4.69) is 15.9 Å². The highest BCUT2D eigenvalue weighted by molar-refractivity contribution is 9.09. The first kappa shape index (κ1) is 16.1. The summed E-state index contributed by atoms with van der Waals surface area (Å²) >= 11 is 3.11. The van der Waals surface area contributed by atoms with Crippen LogP contribution in [0.3, 0.4) is 0 Å². The number of nitrogens with zero attached hydrogens (tertiary/aromatic N) is 1. The number of benzene rings is 2. The zero-order valence-corrected chi connectivity index (χ0v) is 14.0. The Morgan fingerprint density at radius 2 is 1.46 bits per heavy atom. The van der Waals surface area contributed by atoms with Gasteiger partial charge in [0.2, 0.25) is 5.78 Å². The molecular weight excluding hydrogens is 374 g/mol. The Kier molecular flexibility index (Phi) is 4.57. The molecule has 0 aliphatic rings. The van der Waals surface area contributed by atoms with Crippen LogP contribution in [0.1, 0.15) is 10.6 Å². The summed E-state index contributed by atoms with van der Waals surface area (Å²) < 4.78 is 5.39. The summed E-state index contributed by atoms with van der Waals surface area (Å²) in [5.41, 5.74) is 2.08. The molecule has 1 heterocycles. The topological polar surface area (TPSA) is 73.3 Å². The van der Waals surface area contributed by atoms with Crippen LogP contribution < -0.4 is 0 Å². The Labute approximate surface area is 146 Å². The number of halogens is 1. The normalized spacial score (nSPS) is 10.5. The lowest BCUT2D eigenvalue weighted by Gasteiger charge is -2.04. The Morgan fingerprint density at radius 1 is 0.958 bits per heavy atom. The SMILES string of the molecule is O=C(CBr)c1oc([N+](=O)[O-])c(-c2ccccc2)c1-c1ccccc1. The molecule has 24 heavy (non-hydrogen) atoms. The van der Waals surface area contributed by atoms with E-state index < -0.39 is 10.8 Å². The number of alkyl halides is 1. The van der Waals surface area contributed by atoms with Gasteiger partial charge in [-0.25, -0.2) is 0 Å². The Hall–Kier alpha value is -2.73. The summed E-state index contributed by atoms with van der Waals surface area (Å²) in [5, 5.41) is 11.5. The third kappa shape index (κ3) is 2.88. The predicted octanol–water partition coefficient (Wildman–Crippen LogP) is 5.10. The lowest BCUT2D eigenvalue weighted by atomic mass is 9.95. The Bertz CT molecular complexity index is 888. The average Bonchev–Trinajstić information content (AvgIpc) is 3.03. The molecule has 0 bridgehead atoms. The van der Waals surface area contributed by atoms with Crippen molar-refractivity contribution in [1.82, 2.24) is 0 Å². The number of hydrogen-bond donors (Lipinski definition) is 0. The van der Waals surface area contributed by atoms with Crippen LogP contribution in [0.4, 0.5) is 5.88 Å². The van der Waals surface area contributed by atoms with Crippen LogP contribution in [-0.2, 0) is 0 Å². The second kappa shape index (κ2) is 6.80. The molecule has 0 N–H and O–H groups in total. The molecule has 0 aliphatic heterocycles. The quantitative estimate of drug-likeness (QED) is 0.265. The van der Waals surface area contributed by atoms with Crippen LogP contribution in [0.5, 0.6) is 0 Å². The maximum Gasteiger partial charge on any atom is 0.442 e. The monoisotopic (exact) mass is 385 g/mol. The number of carbonyl (C=O) groups is 1. The Morgan fingerprint density at radius 3 is 1.92 bits per heavy atom. The van der Waals surface area contributed by atoms with Crippen molar-refractivity contribution in [1.29, 1.82) is 0 Å². The second-order valence-corrected chi connectivity index (χ2v) is 5.59. The van der Waals surface area contributed by atoms with Gasteiger partial charge in [0.05, 0.1) is 5.33 Å². The summed E-state index contributed by atoms with van der Waals surface area (Å²) in [5.74, 6) is -0.785.